The van der Waals surface area contributed by atoms with Crippen molar-refractivity contribution in [3.8, 4) is 0 Å². The average molecular weight is 256 g/mol. The van der Waals surface area contributed by atoms with Crippen molar-refractivity contribution in [2.24, 2.45) is 11.3 Å². The van der Waals surface area contributed by atoms with Gasteiger partial charge >= 0.3 is 0 Å². The van der Waals surface area contributed by atoms with Crippen LogP contribution in [0.5, 0.6) is 0 Å². The molecule has 2 N–H and O–H groups in total. The van der Waals surface area contributed by atoms with Gasteiger partial charge in [0.2, 0.25) is 5.91 Å². The van der Waals surface area contributed by atoms with E-state index in [0.29, 0.717) is 12.0 Å². The first kappa shape index (κ1) is 15.4. The predicted octanol–water partition coefficient (Wildman–Crippen LogP) is 1.24. The van der Waals surface area contributed by atoms with Gasteiger partial charge in [-0.25, -0.2) is 0 Å². The molecule has 2 atom stereocenters. The molecule has 1 fully saturated rings. The first-order valence-electron chi connectivity index (χ1n) is 6.91. The Morgan fingerprint density at radius 2 is 2.06 bits per heavy atom. The van der Waals surface area contributed by atoms with Gasteiger partial charge in [-0.1, -0.05) is 20.8 Å². The third kappa shape index (κ3) is 5.36. The van der Waals surface area contributed by atoms with Crippen LogP contribution in [0.3, 0.4) is 0 Å². The van der Waals surface area contributed by atoms with Crippen molar-refractivity contribution in [3.05, 3.63) is 0 Å². The van der Waals surface area contributed by atoms with Gasteiger partial charge in [0.1, 0.15) is 0 Å². The molecule has 0 radical (unpaired) electrons. The number of rotatable bonds is 4. The number of likely N-dealkylation sites (tertiary alicyclic amines) is 1. The normalized spacial score (nSPS) is 25.3. The van der Waals surface area contributed by atoms with Crippen LogP contribution in [-0.4, -0.2) is 48.2 Å². The van der Waals surface area contributed by atoms with Crippen molar-refractivity contribution in [1.29, 1.82) is 0 Å². The second-order valence-electron chi connectivity index (χ2n) is 6.68. The van der Waals surface area contributed by atoms with Crippen molar-refractivity contribution in [2.75, 3.05) is 26.2 Å². The zero-order valence-electron chi connectivity index (χ0n) is 12.2. The Labute approximate surface area is 111 Å². The zero-order chi connectivity index (χ0) is 13.8. The molecule has 4 heteroatoms. The molecule has 1 aliphatic rings. The lowest BCUT2D eigenvalue weighted by atomic mass is 9.90. The topological polar surface area (TPSA) is 52.6 Å². The van der Waals surface area contributed by atoms with Crippen LogP contribution in [0.1, 0.15) is 40.5 Å². The molecule has 1 aliphatic heterocycles. The van der Waals surface area contributed by atoms with E-state index < -0.39 is 0 Å². The highest BCUT2D eigenvalue weighted by Crippen LogP contribution is 2.21. The van der Waals surface area contributed by atoms with Gasteiger partial charge in [0.15, 0.2) is 0 Å². The quantitative estimate of drug-likeness (QED) is 0.796. The predicted molar refractivity (Wildman–Crippen MR) is 73.3 cm³/mol. The van der Waals surface area contributed by atoms with Gasteiger partial charge in [0, 0.05) is 39.2 Å². The lowest BCUT2D eigenvalue weighted by Crippen LogP contribution is -2.52. The van der Waals surface area contributed by atoms with E-state index in [1.54, 1.807) is 6.92 Å². The zero-order valence-corrected chi connectivity index (χ0v) is 12.2. The molecule has 0 aromatic carbocycles. The molecule has 1 heterocycles. The van der Waals surface area contributed by atoms with Crippen LogP contribution in [0, 0.1) is 11.3 Å². The molecule has 18 heavy (non-hydrogen) atoms. The molecular weight excluding hydrogens is 228 g/mol. The van der Waals surface area contributed by atoms with Crippen molar-refractivity contribution in [2.45, 2.75) is 46.6 Å². The molecule has 0 bridgehead atoms. The molecule has 2 unspecified atom stereocenters. The van der Waals surface area contributed by atoms with E-state index in [-0.39, 0.29) is 17.9 Å². The summed E-state index contributed by atoms with van der Waals surface area (Å²) in [6, 6.07) is 0.360. The molecule has 0 aromatic rings. The minimum absolute atomic E-state index is 0.139. The maximum absolute atomic E-state index is 11.5. The van der Waals surface area contributed by atoms with Gasteiger partial charge in [0.25, 0.3) is 0 Å². The molecule has 1 amide bonds. The Morgan fingerprint density at radius 3 is 2.56 bits per heavy atom. The number of amides is 1. The summed E-state index contributed by atoms with van der Waals surface area (Å²) in [6.07, 6.45) is 1.85. The summed E-state index contributed by atoms with van der Waals surface area (Å²) in [5, 5.41) is 12.6. The summed E-state index contributed by atoms with van der Waals surface area (Å²) in [7, 11) is 0. The van der Waals surface area contributed by atoms with Crippen molar-refractivity contribution in [1.82, 2.24) is 10.2 Å². The van der Waals surface area contributed by atoms with Gasteiger partial charge in [0.05, 0.1) is 0 Å². The van der Waals surface area contributed by atoms with Gasteiger partial charge < -0.3 is 15.3 Å². The first-order valence-corrected chi connectivity index (χ1v) is 6.91. The highest BCUT2D eigenvalue weighted by Gasteiger charge is 2.28. The fourth-order valence-corrected chi connectivity index (χ4v) is 2.45. The number of hydrogen-bond donors (Lipinski definition) is 2. The second-order valence-corrected chi connectivity index (χ2v) is 6.68. The number of aliphatic hydroxyl groups is 1. The lowest BCUT2D eigenvalue weighted by molar-refractivity contribution is -0.131. The van der Waals surface area contributed by atoms with Crippen LogP contribution in [0.4, 0.5) is 0 Å². The van der Waals surface area contributed by atoms with E-state index >= 15 is 0 Å². The van der Waals surface area contributed by atoms with Gasteiger partial charge in [-0.3, -0.25) is 4.79 Å². The summed E-state index contributed by atoms with van der Waals surface area (Å²) in [5.74, 6) is 0.560. The molecule has 0 aromatic heterocycles. The average Bonchev–Trinajstić information content (AvgIpc) is 2.25. The molecule has 106 valence electrons. The van der Waals surface area contributed by atoms with E-state index in [9.17, 15) is 4.79 Å². The van der Waals surface area contributed by atoms with Crippen molar-refractivity contribution < 1.29 is 9.90 Å². The molecule has 0 aliphatic carbocycles. The molecule has 0 saturated carbocycles. The first-order chi connectivity index (χ1) is 8.31. The lowest BCUT2D eigenvalue weighted by Gasteiger charge is -2.38. The van der Waals surface area contributed by atoms with Crippen LogP contribution < -0.4 is 5.32 Å². The summed E-state index contributed by atoms with van der Waals surface area (Å²) in [6.45, 7) is 11.0. The SMILES string of the molecule is CC(=O)N1CC(CCO)CC(NCC(C)(C)C)C1. The molecule has 1 rings (SSSR count). The second kappa shape index (κ2) is 6.53. The Kier molecular flexibility index (Phi) is 5.60. The number of carbonyl (C=O) groups is 1. The summed E-state index contributed by atoms with van der Waals surface area (Å²) in [4.78, 5) is 13.4. The Balaban J connectivity index is 2.53. The number of carbonyl (C=O) groups excluding carboxylic acids is 1. The highest BCUT2D eigenvalue weighted by molar-refractivity contribution is 5.73. The van der Waals surface area contributed by atoms with Crippen LogP contribution in [0.15, 0.2) is 0 Å². The van der Waals surface area contributed by atoms with Gasteiger partial charge in [-0.05, 0) is 24.2 Å². The monoisotopic (exact) mass is 256 g/mol. The van der Waals surface area contributed by atoms with E-state index in [1.165, 1.54) is 0 Å². The molecule has 0 spiro atoms. The fourth-order valence-electron chi connectivity index (χ4n) is 2.45. The maximum atomic E-state index is 11.5. The molecule has 1 saturated heterocycles. The van der Waals surface area contributed by atoms with Gasteiger partial charge in [-0.15, -0.1) is 0 Å². The largest absolute Gasteiger partial charge is 0.396 e. The molecule has 4 nitrogen and oxygen atoms in total. The number of nitrogens with one attached hydrogen (secondary N) is 1. The van der Waals surface area contributed by atoms with Crippen LogP contribution >= 0.6 is 0 Å². The number of piperidine rings is 1. The van der Waals surface area contributed by atoms with E-state index in [2.05, 4.69) is 26.1 Å². The smallest absolute Gasteiger partial charge is 0.219 e. The number of aliphatic hydroxyl groups excluding tert-OH is 1. The highest BCUT2D eigenvalue weighted by atomic mass is 16.3. The Morgan fingerprint density at radius 1 is 1.39 bits per heavy atom. The standard InChI is InChI=1S/C14H28N2O2/c1-11(18)16-8-12(5-6-17)7-13(9-16)15-10-14(2,3)4/h12-13,15,17H,5-10H2,1-4H3. The summed E-state index contributed by atoms with van der Waals surface area (Å²) >= 11 is 0. The van der Waals surface area contributed by atoms with E-state index in [1.807, 2.05) is 4.90 Å². The molecular formula is C14H28N2O2. The van der Waals surface area contributed by atoms with Crippen LogP contribution in [-0.2, 0) is 4.79 Å². The number of hydrogen-bond acceptors (Lipinski definition) is 3. The van der Waals surface area contributed by atoms with E-state index in [0.717, 1.165) is 32.5 Å². The minimum atomic E-state index is 0.139. The van der Waals surface area contributed by atoms with Crippen molar-refractivity contribution >= 4 is 5.91 Å². The minimum Gasteiger partial charge on any atom is -0.396 e. The summed E-state index contributed by atoms with van der Waals surface area (Å²) in [5.41, 5.74) is 0.255. The van der Waals surface area contributed by atoms with Crippen molar-refractivity contribution in [3.63, 3.8) is 0 Å². The summed E-state index contributed by atoms with van der Waals surface area (Å²) < 4.78 is 0. The maximum Gasteiger partial charge on any atom is 0.219 e. The van der Waals surface area contributed by atoms with Crippen LogP contribution in [0.25, 0.3) is 0 Å². The third-order valence-corrected chi connectivity index (χ3v) is 3.44. The fraction of sp³-hybridized carbons (Fsp3) is 0.929. The third-order valence-electron chi connectivity index (χ3n) is 3.44. The van der Waals surface area contributed by atoms with Crippen LogP contribution in [0.2, 0.25) is 0 Å². The Bertz CT molecular complexity index is 273. The van der Waals surface area contributed by atoms with Gasteiger partial charge in [-0.2, -0.15) is 0 Å². The Hall–Kier alpha value is -0.610. The van der Waals surface area contributed by atoms with E-state index in [4.69, 9.17) is 5.11 Å². The number of nitrogens with zero attached hydrogens (tertiary/aromatic N) is 1.